The summed E-state index contributed by atoms with van der Waals surface area (Å²) in [4.78, 5) is 13.2. The van der Waals surface area contributed by atoms with E-state index in [0.717, 1.165) is 18.0 Å². The molecule has 24 heavy (non-hydrogen) atoms. The number of benzene rings is 2. The second-order valence-electron chi connectivity index (χ2n) is 6.06. The fourth-order valence-corrected chi connectivity index (χ4v) is 2.89. The maximum absolute atomic E-state index is 8.35. The molecule has 3 rings (SSSR count). The third-order valence-corrected chi connectivity index (χ3v) is 4.12. The van der Waals surface area contributed by atoms with E-state index in [0.29, 0.717) is 11.8 Å². The average molecular weight is 318 g/mol. The van der Waals surface area contributed by atoms with Crippen molar-refractivity contribution < 1.29 is 4.79 Å². The molecule has 0 saturated carbocycles. The second-order valence-corrected chi connectivity index (χ2v) is 6.06. The summed E-state index contributed by atoms with van der Waals surface area (Å²) in [6.07, 6.45) is 1.74. The number of nitrogens with zero attached hydrogens (tertiary/aromatic N) is 1. The van der Waals surface area contributed by atoms with Gasteiger partial charge in [-0.05, 0) is 36.0 Å². The molecule has 3 nitrogen and oxygen atoms in total. The number of para-hydroxylation sites is 1. The van der Waals surface area contributed by atoms with Crippen LogP contribution in [0.3, 0.4) is 0 Å². The number of hydrogen-bond donors (Lipinski definition) is 1. The number of hydrogen-bond acceptors (Lipinski definition) is 3. The van der Waals surface area contributed by atoms with E-state index >= 15 is 0 Å². The second kappa shape index (κ2) is 8.76. The van der Waals surface area contributed by atoms with Gasteiger partial charge in [-0.25, -0.2) is 10.2 Å². The summed E-state index contributed by atoms with van der Waals surface area (Å²) in [6, 6.07) is 23.4. The average Bonchev–Trinajstić information content (AvgIpc) is 2.61. The maximum atomic E-state index is 8.35. The molecule has 3 heteroatoms. The van der Waals surface area contributed by atoms with Crippen LogP contribution in [-0.4, -0.2) is 11.1 Å². The topological polar surface area (TPSA) is 53.8 Å². The van der Waals surface area contributed by atoms with Crippen molar-refractivity contribution in [3.8, 4) is 0 Å². The van der Waals surface area contributed by atoms with Gasteiger partial charge in [0, 0.05) is 11.1 Å². The minimum atomic E-state index is 0.514. The van der Waals surface area contributed by atoms with E-state index in [2.05, 4.69) is 80.6 Å². The first-order chi connectivity index (χ1) is 11.7. The van der Waals surface area contributed by atoms with Gasteiger partial charge in [-0.2, -0.15) is 0 Å². The van der Waals surface area contributed by atoms with Crippen LogP contribution in [-0.2, 0) is 11.2 Å². The summed E-state index contributed by atoms with van der Waals surface area (Å²) in [5, 5.41) is 6.61. The minimum Gasteiger partial charge on any atom is -0.253 e. The van der Waals surface area contributed by atoms with Crippen LogP contribution in [0, 0.1) is 11.3 Å². The van der Waals surface area contributed by atoms with Crippen molar-refractivity contribution in [3.63, 3.8) is 0 Å². The highest BCUT2D eigenvalue weighted by Crippen LogP contribution is 2.28. The molecule has 1 heterocycles. The van der Waals surface area contributed by atoms with E-state index in [1.165, 1.54) is 16.6 Å². The van der Waals surface area contributed by atoms with Gasteiger partial charge in [0.2, 0.25) is 6.08 Å². The van der Waals surface area contributed by atoms with Crippen molar-refractivity contribution in [2.24, 2.45) is 5.92 Å². The Morgan fingerprint density at radius 3 is 2.25 bits per heavy atom. The third-order valence-electron chi connectivity index (χ3n) is 4.12. The summed E-state index contributed by atoms with van der Waals surface area (Å²) >= 11 is 0. The zero-order valence-electron chi connectivity index (χ0n) is 14.1. The van der Waals surface area contributed by atoms with Crippen LogP contribution in [0.1, 0.15) is 31.0 Å². The number of pyridine rings is 1. The molecule has 0 bridgehead atoms. The smallest absolute Gasteiger partial charge is 0.231 e. The van der Waals surface area contributed by atoms with Gasteiger partial charge in [-0.3, -0.25) is 4.98 Å². The molecular formula is C21H22N2O. The fraction of sp³-hybridized carbons (Fsp3) is 0.238. The van der Waals surface area contributed by atoms with Gasteiger partial charge < -0.3 is 0 Å². The zero-order valence-corrected chi connectivity index (χ0v) is 14.1. The first-order valence-corrected chi connectivity index (χ1v) is 8.09. The van der Waals surface area contributed by atoms with Gasteiger partial charge in [0.1, 0.15) is 0 Å². The molecule has 1 N–H and O–H groups in total. The number of rotatable bonds is 4. The van der Waals surface area contributed by atoms with E-state index < -0.39 is 0 Å². The lowest BCUT2D eigenvalue weighted by atomic mass is 9.84. The Morgan fingerprint density at radius 1 is 0.958 bits per heavy atom. The van der Waals surface area contributed by atoms with Crippen LogP contribution < -0.4 is 0 Å². The molecule has 0 aliphatic carbocycles. The number of isocyanates is 1. The van der Waals surface area contributed by atoms with Gasteiger partial charge in [-0.15, -0.1) is 0 Å². The summed E-state index contributed by atoms with van der Waals surface area (Å²) in [5.41, 5.74) is 3.67. The van der Waals surface area contributed by atoms with Crippen molar-refractivity contribution in [1.82, 2.24) is 4.98 Å². The number of nitrogens with one attached hydrogen (secondary N) is 1. The Bertz CT molecular complexity index is 806. The molecule has 0 unspecified atom stereocenters. The normalized spacial score (nSPS) is 11.5. The maximum Gasteiger partial charge on any atom is 0.231 e. The molecular weight excluding hydrogens is 296 g/mol. The molecule has 0 radical (unpaired) electrons. The van der Waals surface area contributed by atoms with Crippen molar-refractivity contribution in [2.75, 3.05) is 0 Å². The Hall–Kier alpha value is -2.77. The standard InChI is InChI=1S/C20H21N.CHNO/c1-15(2)19(16-8-4-3-5-9-16)14-18-13-12-17-10-6-7-11-20(17)21-18;2-1-3/h3-13,15,19H,14H2,1-2H3;2H/t19-;/m0./s1. The van der Waals surface area contributed by atoms with E-state index in [-0.39, 0.29) is 0 Å². The number of fused-ring (bicyclic) bond motifs is 1. The molecule has 0 spiro atoms. The molecule has 3 aromatic rings. The molecule has 0 aliphatic rings. The molecule has 2 aromatic carbocycles. The molecule has 0 fully saturated rings. The van der Waals surface area contributed by atoms with Gasteiger partial charge in [0.25, 0.3) is 0 Å². The van der Waals surface area contributed by atoms with Crippen LogP contribution >= 0.6 is 0 Å². The SMILES string of the molecule is CC(C)[C@H](Cc1ccc2ccccc2n1)c1ccccc1.N=C=O. The monoisotopic (exact) mass is 318 g/mol. The lowest BCUT2D eigenvalue weighted by Gasteiger charge is -2.21. The fourth-order valence-electron chi connectivity index (χ4n) is 2.89. The zero-order chi connectivity index (χ0) is 17.4. The molecule has 0 saturated heterocycles. The van der Waals surface area contributed by atoms with Gasteiger partial charge >= 0.3 is 0 Å². The Labute approximate surface area is 142 Å². The minimum absolute atomic E-state index is 0.514. The highest BCUT2D eigenvalue weighted by atomic mass is 16.1. The highest BCUT2D eigenvalue weighted by Gasteiger charge is 2.17. The molecule has 1 atom stereocenters. The molecule has 1 aromatic heterocycles. The third kappa shape index (κ3) is 4.61. The van der Waals surface area contributed by atoms with E-state index in [4.69, 9.17) is 15.2 Å². The predicted molar refractivity (Wildman–Crippen MR) is 97.9 cm³/mol. The largest absolute Gasteiger partial charge is 0.253 e. The van der Waals surface area contributed by atoms with Gasteiger partial charge in [0.05, 0.1) is 5.52 Å². The predicted octanol–water partition coefficient (Wildman–Crippen LogP) is 5.12. The quantitative estimate of drug-likeness (QED) is 0.536. The molecule has 122 valence electrons. The van der Waals surface area contributed by atoms with Crippen molar-refractivity contribution in [3.05, 3.63) is 78.0 Å². The van der Waals surface area contributed by atoms with Crippen molar-refractivity contribution in [2.45, 2.75) is 26.2 Å². The van der Waals surface area contributed by atoms with Crippen LogP contribution in [0.25, 0.3) is 10.9 Å². The molecule has 0 amide bonds. The van der Waals surface area contributed by atoms with Gasteiger partial charge in [-0.1, -0.05) is 68.4 Å². The van der Waals surface area contributed by atoms with Crippen molar-refractivity contribution >= 4 is 17.0 Å². The Kier molecular flexibility index (Phi) is 6.41. The summed E-state index contributed by atoms with van der Waals surface area (Å²) < 4.78 is 0. The lowest BCUT2D eigenvalue weighted by Crippen LogP contribution is -2.11. The summed E-state index contributed by atoms with van der Waals surface area (Å²) in [5.74, 6) is 1.11. The molecule has 0 aliphatic heterocycles. The number of aromatic nitrogens is 1. The Balaban J connectivity index is 0.000000647. The Morgan fingerprint density at radius 2 is 1.58 bits per heavy atom. The van der Waals surface area contributed by atoms with Crippen LogP contribution in [0.15, 0.2) is 66.7 Å². The van der Waals surface area contributed by atoms with E-state index in [9.17, 15) is 0 Å². The van der Waals surface area contributed by atoms with Gasteiger partial charge in [0.15, 0.2) is 0 Å². The van der Waals surface area contributed by atoms with E-state index in [1.807, 2.05) is 0 Å². The summed E-state index contributed by atoms with van der Waals surface area (Å²) in [7, 11) is 0. The van der Waals surface area contributed by atoms with Crippen LogP contribution in [0.4, 0.5) is 0 Å². The first-order valence-electron chi connectivity index (χ1n) is 8.09. The van der Waals surface area contributed by atoms with E-state index in [1.54, 1.807) is 0 Å². The van der Waals surface area contributed by atoms with Crippen molar-refractivity contribution in [1.29, 1.82) is 5.41 Å². The highest BCUT2D eigenvalue weighted by molar-refractivity contribution is 5.78. The summed E-state index contributed by atoms with van der Waals surface area (Å²) in [6.45, 7) is 4.58. The van der Waals surface area contributed by atoms with Crippen LogP contribution in [0.5, 0.6) is 0 Å². The first kappa shape index (κ1) is 17.6. The van der Waals surface area contributed by atoms with Crippen LogP contribution in [0.2, 0.25) is 0 Å². The lowest BCUT2D eigenvalue weighted by molar-refractivity contribution is 0.491. The number of carbonyl (C=O) groups excluding carboxylic acids is 1.